The SMILES string of the molecule is CC.CC.CC(=O)Oc1c(Cl)cc(C)cc1Cl. The molecule has 0 N–H and O–H groups in total. The Morgan fingerprint density at radius 2 is 1.41 bits per heavy atom. The summed E-state index contributed by atoms with van der Waals surface area (Å²) in [6.45, 7) is 11.2. The van der Waals surface area contributed by atoms with Crippen LogP contribution in [0.2, 0.25) is 10.0 Å². The van der Waals surface area contributed by atoms with Crippen molar-refractivity contribution in [3.8, 4) is 5.75 Å². The summed E-state index contributed by atoms with van der Waals surface area (Å²) < 4.78 is 4.83. The van der Waals surface area contributed by atoms with Crippen LogP contribution >= 0.6 is 23.2 Å². The predicted octanol–water partition coefficient (Wildman–Crippen LogP) is 5.28. The summed E-state index contributed by atoms with van der Waals surface area (Å²) in [6.07, 6.45) is 0. The van der Waals surface area contributed by atoms with Gasteiger partial charge in [0.1, 0.15) is 0 Å². The fourth-order valence-corrected chi connectivity index (χ4v) is 1.60. The molecule has 0 heterocycles. The molecular weight excluding hydrogens is 259 g/mol. The molecule has 98 valence electrons. The standard InChI is InChI=1S/C9H8Cl2O2.2C2H6/c1-5-3-7(10)9(8(11)4-5)13-6(2)12;2*1-2/h3-4H,1-2H3;2*1-2H3. The van der Waals surface area contributed by atoms with Crippen LogP contribution in [0.5, 0.6) is 5.75 Å². The topological polar surface area (TPSA) is 26.3 Å². The number of benzene rings is 1. The van der Waals surface area contributed by atoms with Crippen LogP contribution < -0.4 is 4.74 Å². The van der Waals surface area contributed by atoms with E-state index in [4.69, 9.17) is 27.9 Å². The van der Waals surface area contributed by atoms with Crippen molar-refractivity contribution in [3.05, 3.63) is 27.7 Å². The van der Waals surface area contributed by atoms with Crippen LogP contribution in [0.15, 0.2) is 12.1 Å². The van der Waals surface area contributed by atoms with Crippen molar-refractivity contribution in [2.75, 3.05) is 0 Å². The Balaban J connectivity index is 0. The second kappa shape index (κ2) is 10.4. The van der Waals surface area contributed by atoms with E-state index in [0.29, 0.717) is 10.0 Å². The fraction of sp³-hybridized carbons (Fsp3) is 0.462. The summed E-state index contributed by atoms with van der Waals surface area (Å²) in [4.78, 5) is 10.7. The largest absolute Gasteiger partial charge is 0.424 e. The minimum absolute atomic E-state index is 0.224. The van der Waals surface area contributed by atoms with Gasteiger partial charge in [0.05, 0.1) is 10.0 Å². The highest BCUT2D eigenvalue weighted by atomic mass is 35.5. The minimum Gasteiger partial charge on any atom is -0.424 e. The highest BCUT2D eigenvalue weighted by molar-refractivity contribution is 6.37. The zero-order valence-electron chi connectivity index (χ0n) is 11.2. The molecule has 0 unspecified atom stereocenters. The molecule has 2 nitrogen and oxygen atoms in total. The van der Waals surface area contributed by atoms with Gasteiger partial charge in [0.25, 0.3) is 0 Å². The second-order valence-electron chi connectivity index (χ2n) is 2.65. The molecule has 1 rings (SSSR count). The molecule has 4 heteroatoms. The average Bonchev–Trinajstić information content (AvgIpc) is 2.29. The summed E-state index contributed by atoms with van der Waals surface area (Å²) in [5.41, 5.74) is 0.922. The Labute approximate surface area is 114 Å². The van der Waals surface area contributed by atoms with Crippen molar-refractivity contribution >= 4 is 29.2 Å². The molecule has 0 bridgehead atoms. The number of ether oxygens (including phenoxy) is 1. The average molecular weight is 279 g/mol. The molecule has 0 aliphatic rings. The Morgan fingerprint density at radius 1 is 1.06 bits per heavy atom. The summed E-state index contributed by atoms with van der Waals surface area (Å²) in [5, 5.41) is 0.695. The molecule has 0 spiro atoms. The van der Waals surface area contributed by atoms with Gasteiger partial charge >= 0.3 is 5.97 Å². The minimum atomic E-state index is -0.437. The quantitative estimate of drug-likeness (QED) is 0.516. The van der Waals surface area contributed by atoms with Gasteiger partial charge in [-0.05, 0) is 24.6 Å². The van der Waals surface area contributed by atoms with Crippen molar-refractivity contribution in [2.24, 2.45) is 0 Å². The molecule has 0 saturated heterocycles. The van der Waals surface area contributed by atoms with E-state index in [0.717, 1.165) is 5.56 Å². The summed E-state index contributed by atoms with van der Waals surface area (Å²) in [5.74, 6) is -0.214. The van der Waals surface area contributed by atoms with Crippen LogP contribution in [0.4, 0.5) is 0 Å². The number of halogens is 2. The zero-order valence-corrected chi connectivity index (χ0v) is 12.7. The van der Waals surface area contributed by atoms with Crippen molar-refractivity contribution < 1.29 is 9.53 Å². The molecule has 0 radical (unpaired) electrons. The van der Waals surface area contributed by atoms with Crippen molar-refractivity contribution in [1.82, 2.24) is 0 Å². The second-order valence-corrected chi connectivity index (χ2v) is 3.47. The third-order valence-corrected chi connectivity index (χ3v) is 1.95. The molecule has 17 heavy (non-hydrogen) atoms. The van der Waals surface area contributed by atoms with E-state index in [9.17, 15) is 4.79 Å². The molecule has 1 aromatic carbocycles. The van der Waals surface area contributed by atoms with E-state index in [1.165, 1.54) is 6.92 Å². The maximum absolute atomic E-state index is 10.7. The van der Waals surface area contributed by atoms with E-state index < -0.39 is 5.97 Å². The summed E-state index contributed by atoms with van der Waals surface area (Å²) in [6, 6.07) is 3.37. The number of esters is 1. The van der Waals surface area contributed by atoms with E-state index in [1.807, 2.05) is 34.6 Å². The molecule has 0 aromatic heterocycles. The third kappa shape index (κ3) is 7.24. The molecule has 0 aliphatic carbocycles. The van der Waals surface area contributed by atoms with E-state index in [2.05, 4.69) is 0 Å². The van der Waals surface area contributed by atoms with E-state index >= 15 is 0 Å². The van der Waals surface area contributed by atoms with Gasteiger partial charge in [0.15, 0.2) is 5.75 Å². The Kier molecular flexibility index (Phi) is 11.4. The Bertz CT molecular complexity index is 326. The van der Waals surface area contributed by atoms with Gasteiger partial charge in [-0.3, -0.25) is 4.79 Å². The van der Waals surface area contributed by atoms with Crippen LogP contribution in [0.3, 0.4) is 0 Å². The first kappa shape index (κ1) is 18.6. The smallest absolute Gasteiger partial charge is 0.308 e. The molecule has 0 fully saturated rings. The number of aryl methyl sites for hydroxylation is 1. The lowest BCUT2D eigenvalue weighted by atomic mass is 10.2. The lowest BCUT2D eigenvalue weighted by molar-refractivity contribution is -0.131. The van der Waals surface area contributed by atoms with Crippen LogP contribution in [0.25, 0.3) is 0 Å². The molecular formula is C13H20Cl2O2. The van der Waals surface area contributed by atoms with E-state index in [1.54, 1.807) is 12.1 Å². The van der Waals surface area contributed by atoms with E-state index in [-0.39, 0.29) is 5.75 Å². The van der Waals surface area contributed by atoms with Gasteiger partial charge in [0.2, 0.25) is 0 Å². The van der Waals surface area contributed by atoms with Gasteiger partial charge in [-0.1, -0.05) is 50.9 Å². The number of hydrogen-bond acceptors (Lipinski definition) is 2. The molecule has 0 atom stereocenters. The summed E-state index contributed by atoms with van der Waals surface area (Å²) in [7, 11) is 0. The van der Waals surface area contributed by atoms with Gasteiger partial charge in [-0.2, -0.15) is 0 Å². The number of hydrogen-bond donors (Lipinski definition) is 0. The molecule has 0 saturated carbocycles. The number of carbonyl (C=O) groups is 1. The van der Waals surface area contributed by atoms with Crippen LogP contribution in [0, 0.1) is 6.92 Å². The third-order valence-electron chi connectivity index (χ3n) is 1.39. The molecule has 1 aromatic rings. The predicted molar refractivity (Wildman–Crippen MR) is 75.2 cm³/mol. The van der Waals surface area contributed by atoms with Crippen LogP contribution in [0.1, 0.15) is 40.2 Å². The lowest BCUT2D eigenvalue weighted by Crippen LogP contribution is -2.02. The summed E-state index contributed by atoms with van der Waals surface area (Å²) >= 11 is 11.6. The number of rotatable bonds is 1. The van der Waals surface area contributed by atoms with Crippen LogP contribution in [-0.2, 0) is 4.79 Å². The molecule has 0 aliphatic heterocycles. The highest BCUT2D eigenvalue weighted by Gasteiger charge is 2.09. The normalized spacial score (nSPS) is 8.24. The number of carbonyl (C=O) groups excluding carboxylic acids is 1. The lowest BCUT2D eigenvalue weighted by Gasteiger charge is -2.06. The molecule has 0 amide bonds. The van der Waals surface area contributed by atoms with Crippen molar-refractivity contribution in [2.45, 2.75) is 41.5 Å². The first-order chi connectivity index (χ1) is 8.00. The Morgan fingerprint density at radius 3 is 1.71 bits per heavy atom. The van der Waals surface area contributed by atoms with Crippen molar-refractivity contribution in [3.63, 3.8) is 0 Å². The zero-order chi connectivity index (χ0) is 14.0. The highest BCUT2D eigenvalue weighted by Crippen LogP contribution is 2.33. The van der Waals surface area contributed by atoms with Gasteiger partial charge in [-0.15, -0.1) is 0 Å². The maximum Gasteiger partial charge on any atom is 0.308 e. The van der Waals surface area contributed by atoms with Gasteiger partial charge in [-0.25, -0.2) is 0 Å². The monoisotopic (exact) mass is 278 g/mol. The first-order valence-corrected chi connectivity index (χ1v) is 6.40. The van der Waals surface area contributed by atoms with Crippen LogP contribution in [-0.4, -0.2) is 5.97 Å². The van der Waals surface area contributed by atoms with Gasteiger partial charge < -0.3 is 4.74 Å². The van der Waals surface area contributed by atoms with Gasteiger partial charge in [0, 0.05) is 6.92 Å². The Hall–Kier alpha value is -0.730. The maximum atomic E-state index is 10.7. The fourth-order valence-electron chi connectivity index (χ4n) is 0.928. The first-order valence-electron chi connectivity index (χ1n) is 5.65. The van der Waals surface area contributed by atoms with Crippen molar-refractivity contribution in [1.29, 1.82) is 0 Å².